The zero-order valence-corrected chi connectivity index (χ0v) is 13.5. The van der Waals surface area contributed by atoms with E-state index in [0.29, 0.717) is 12.5 Å². The fourth-order valence-corrected chi connectivity index (χ4v) is 3.69. The first-order chi connectivity index (χ1) is 10.2. The lowest BCUT2D eigenvalue weighted by Crippen LogP contribution is -2.07. The van der Waals surface area contributed by atoms with E-state index in [4.69, 9.17) is 15.5 Å². The molecule has 1 aliphatic rings. The highest BCUT2D eigenvalue weighted by atomic mass is 32.2. The number of nitrogens with two attached hydrogens (primary N) is 1. The molecule has 2 aromatic rings. The summed E-state index contributed by atoms with van der Waals surface area (Å²) in [7, 11) is 1.70. The average Bonchev–Trinajstić information content (AvgIpc) is 3.06. The summed E-state index contributed by atoms with van der Waals surface area (Å²) in [4.78, 5) is 4.81. The smallest absolute Gasteiger partial charge is 0.168 e. The van der Waals surface area contributed by atoms with Crippen LogP contribution in [0.1, 0.15) is 31.0 Å². The first kappa shape index (κ1) is 14.5. The van der Waals surface area contributed by atoms with E-state index in [-0.39, 0.29) is 0 Å². The number of aromatic nitrogens is 2. The summed E-state index contributed by atoms with van der Waals surface area (Å²) in [5.41, 5.74) is 10.4. The molecule has 0 bridgehead atoms. The summed E-state index contributed by atoms with van der Waals surface area (Å²) in [6.45, 7) is 5.88. The molecule has 2 N–H and O–H groups in total. The van der Waals surface area contributed by atoms with Crippen molar-refractivity contribution in [2.75, 3.05) is 12.9 Å². The average molecular weight is 303 g/mol. The molecule has 0 spiro atoms. The normalized spacial score (nSPS) is 13.8. The van der Waals surface area contributed by atoms with Crippen LogP contribution in [0.4, 0.5) is 0 Å². The van der Waals surface area contributed by atoms with Crippen molar-refractivity contribution in [3.8, 4) is 17.0 Å². The molecule has 0 unspecified atom stereocenters. The van der Waals surface area contributed by atoms with Gasteiger partial charge in [0.1, 0.15) is 5.75 Å². The molecule has 0 saturated carbocycles. The second-order valence-corrected chi connectivity index (χ2v) is 6.57. The molecular formula is C16H21N3OS. The number of ether oxygens (including phenoxy) is 1. The quantitative estimate of drug-likeness (QED) is 0.942. The van der Waals surface area contributed by atoms with Crippen LogP contribution in [0, 0.1) is 0 Å². The maximum atomic E-state index is 5.98. The van der Waals surface area contributed by atoms with Crippen LogP contribution in [0.15, 0.2) is 23.4 Å². The van der Waals surface area contributed by atoms with Gasteiger partial charge < -0.3 is 15.0 Å². The van der Waals surface area contributed by atoms with Gasteiger partial charge in [-0.05, 0) is 23.6 Å². The SMILES string of the molecule is COc1ccc(C(C)C)cc1-c1nc2n(c1CN)CCS2. The third kappa shape index (κ3) is 2.45. The number of benzene rings is 1. The van der Waals surface area contributed by atoms with Crippen LogP contribution in [-0.2, 0) is 13.1 Å². The zero-order chi connectivity index (χ0) is 15.0. The van der Waals surface area contributed by atoms with Crippen molar-refractivity contribution in [1.82, 2.24) is 9.55 Å². The summed E-state index contributed by atoms with van der Waals surface area (Å²) < 4.78 is 7.78. The fraction of sp³-hybridized carbons (Fsp3) is 0.438. The summed E-state index contributed by atoms with van der Waals surface area (Å²) in [6.07, 6.45) is 0. The highest BCUT2D eigenvalue weighted by Gasteiger charge is 2.23. The zero-order valence-electron chi connectivity index (χ0n) is 12.7. The Morgan fingerprint density at radius 2 is 2.24 bits per heavy atom. The van der Waals surface area contributed by atoms with E-state index >= 15 is 0 Å². The van der Waals surface area contributed by atoms with E-state index in [2.05, 4.69) is 30.5 Å². The van der Waals surface area contributed by atoms with E-state index < -0.39 is 0 Å². The van der Waals surface area contributed by atoms with Gasteiger partial charge in [0.15, 0.2) is 5.16 Å². The van der Waals surface area contributed by atoms with Gasteiger partial charge >= 0.3 is 0 Å². The van der Waals surface area contributed by atoms with Crippen molar-refractivity contribution in [2.45, 2.75) is 38.0 Å². The maximum absolute atomic E-state index is 5.98. The highest BCUT2D eigenvalue weighted by molar-refractivity contribution is 7.99. The summed E-state index contributed by atoms with van der Waals surface area (Å²) in [5, 5.41) is 1.07. The lowest BCUT2D eigenvalue weighted by atomic mass is 9.98. The molecule has 1 aliphatic heterocycles. The Morgan fingerprint density at radius 1 is 1.43 bits per heavy atom. The number of hydrogen-bond acceptors (Lipinski definition) is 4. The number of imidazole rings is 1. The van der Waals surface area contributed by atoms with Gasteiger partial charge in [-0.25, -0.2) is 4.98 Å². The monoisotopic (exact) mass is 303 g/mol. The largest absolute Gasteiger partial charge is 0.496 e. The molecule has 0 fully saturated rings. The number of methoxy groups -OCH3 is 1. The van der Waals surface area contributed by atoms with Crippen LogP contribution in [0.5, 0.6) is 5.75 Å². The van der Waals surface area contributed by atoms with Crippen LogP contribution in [0.3, 0.4) is 0 Å². The van der Waals surface area contributed by atoms with Crippen LogP contribution >= 0.6 is 11.8 Å². The molecule has 0 saturated heterocycles. The molecular weight excluding hydrogens is 282 g/mol. The predicted octanol–water partition coefficient (Wildman–Crippen LogP) is 3.25. The molecule has 112 valence electrons. The van der Waals surface area contributed by atoms with E-state index in [0.717, 1.165) is 40.2 Å². The first-order valence-electron chi connectivity index (χ1n) is 7.26. The highest BCUT2D eigenvalue weighted by Crippen LogP contribution is 2.38. The Labute approximate surface area is 129 Å². The van der Waals surface area contributed by atoms with Gasteiger partial charge in [-0.2, -0.15) is 0 Å². The number of rotatable bonds is 4. The van der Waals surface area contributed by atoms with E-state index in [9.17, 15) is 0 Å². The molecule has 0 radical (unpaired) electrons. The third-order valence-electron chi connectivity index (χ3n) is 3.92. The van der Waals surface area contributed by atoms with Crippen molar-refractivity contribution >= 4 is 11.8 Å². The molecule has 0 aliphatic carbocycles. The van der Waals surface area contributed by atoms with Gasteiger partial charge in [0.05, 0.1) is 18.5 Å². The molecule has 2 heterocycles. The molecule has 1 aromatic heterocycles. The van der Waals surface area contributed by atoms with Crippen molar-refractivity contribution in [1.29, 1.82) is 0 Å². The molecule has 1 aromatic carbocycles. The van der Waals surface area contributed by atoms with E-state index in [1.807, 2.05) is 6.07 Å². The minimum atomic E-state index is 0.472. The molecule has 5 heteroatoms. The second-order valence-electron chi connectivity index (χ2n) is 5.51. The van der Waals surface area contributed by atoms with Gasteiger partial charge in [0.25, 0.3) is 0 Å². The number of hydrogen-bond donors (Lipinski definition) is 1. The first-order valence-corrected chi connectivity index (χ1v) is 8.24. The summed E-state index contributed by atoms with van der Waals surface area (Å²) >= 11 is 1.79. The van der Waals surface area contributed by atoms with Gasteiger partial charge in [-0.15, -0.1) is 0 Å². The molecule has 0 atom stereocenters. The van der Waals surface area contributed by atoms with Crippen molar-refractivity contribution in [3.05, 3.63) is 29.5 Å². The minimum Gasteiger partial charge on any atom is -0.496 e. The van der Waals surface area contributed by atoms with Crippen molar-refractivity contribution < 1.29 is 4.74 Å². The Hall–Kier alpha value is -1.46. The van der Waals surface area contributed by atoms with Crippen LogP contribution < -0.4 is 10.5 Å². The molecule has 3 rings (SSSR count). The van der Waals surface area contributed by atoms with Gasteiger partial charge in [0, 0.05) is 24.4 Å². The Kier molecular flexibility index (Phi) is 3.95. The lowest BCUT2D eigenvalue weighted by Gasteiger charge is -2.13. The second kappa shape index (κ2) is 5.73. The number of fused-ring (bicyclic) bond motifs is 1. The van der Waals surface area contributed by atoms with Gasteiger partial charge in [0.2, 0.25) is 0 Å². The molecule has 21 heavy (non-hydrogen) atoms. The van der Waals surface area contributed by atoms with E-state index in [1.165, 1.54) is 5.56 Å². The Bertz CT molecular complexity index is 664. The lowest BCUT2D eigenvalue weighted by molar-refractivity contribution is 0.416. The van der Waals surface area contributed by atoms with Gasteiger partial charge in [-0.3, -0.25) is 0 Å². The summed E-state index contributed by atoms with van der Waals surface area (Å²) in [5.74, 6) is 2.41. The summed E-state index contributed by atoms with van der Waals surface area (Å²) in [6, 6.07) is 6.33. The van der Waals surface area contributed by atoms with Crippen LogP contribution in [0.25, 0.3) is 11.3 Å². The Morgan fingerprint density at radius 3 is 2.90 bits per heavy atom. The fourth-order valence-electron chi connectivity index (χ4n) is 2.73. The minimum absolute atomic E-state index is 0.472. The standard InChI is InChI=1S/C16H21N3OS/c1-10(2)11-4-5-14(20-3)12(8-11)15-13(9-17)19-6-7-21-16(19)18-15/h4-5,8,10H,6-7,9,17H2,1-3H3. The third-order valence-corrected chi connectivity index (χ3v) is 4.88. The molecule has 0 amide bonds. The molecule has 4 nitrogen and oxygen atoms in total. The number of thioether (sulfide) groups is 1. The Balaban J connectivity index is 2.17. The maximum Gasteiger partial charge on any atom is 0.168 e. The van der Waals surface area contributed by atoms with Crippen LogP contribution in [0.2, 0.25) is 0 Å². The van der Waals surface area contributed by atoms with Crippen molar-refractivity contribution in [3.63, 3.8) is 0 Å². The topological polar surface area (TPSA) is 53.1 Å². The van der Waals surface area contributed by atoms with Crippen LogP contribution in [-0.4, -0.2) is 22.4 Å². The van der Waals surface area contributed by atoms with Gasteiger partial charge in [-0.1, -0.05) is 31.7 Å². The van der Waals surface area contributed by atoms with E-state index in [1.54, 1.807) is 18.9 Å². The number of nitrogens with zero attached hydrogens (tertiary/aromatic N) is 2. The van der Waals surface area contributed by atoms with Crippen molar-refractivity contribution in [2.24, 2.45) is 5.73 Å². The predicted molar refractivity (Wildman–Crippen MR) is 86.9 cm³/mol.